The lowest BCUT2D eigenvalue weighted by atomic mass is 10.0. The normalized spacial score (nSPS) is 12.9. The lowest BCUT2D eigenvalue weighted by Crippen LogP contribution is -2.56. The van der Waals surface area contributed by atoms with Crippen LogP contribution in [-0.4, -0.2) is 41.8 Å². The van der Waals surface area contributed by atoms with Gasteiger partial charge in [0.1, 0.15) is 5.75 Å². The zero-order valence-corrected chi connectivity index (χ0v) is 30.3. The van der Waals surface area contributed by atoms with Crippen LogP contribution in [0.3, 0.4) is 0 Å². The van der Waals surface area contributed by atoms with Gasteiger partial charge in [0.05, 0.1) is 13.2 Å². The van der Waals surface area contributed by atoms with Gasteiger partial charge in [-0.15, -0.1) is 0 Å². The van der Waals surface area contributed by atoms with Crippen LogP contribution < -0.4 is 9.71 Å². The molecule has 0 bridgehead atoms. The van der Waals surface area contributed by atoms with E-state index < -0.39 is 16.6 Å². The van der Waals surface area contributed by atoms with Crippen LogP contribution in [0.15, 0.2) is 84.9 Å². The minimum absolute atomic E-state index is 0.237. The summed E-state index contributed by atoms with van der Waals surface area (Å²) in [6, 6.07) is 29.0. The molecule has 48 heavy (non-hydrogen) atoms. The number of hydrogen-bond acceptors (Lipinski definition) is 7. The Morgan fingerprint density at radius 3 is 1.42 bits per heavy atom. The average molecular weight is 685 g/mol. The Morgan fingerprint density at radius 1 is 0.562 bits per heavy atom. The van der Waals surface area contributed by atoms with Crippen LogP contribution in [0.5, 0.6) is 5.75 Å². The van der Waals surface area contributed by atoms with Gasteiger partial charge in [-0.2, -0.15) is 0 Å². The fourth-order valence-electron chi connectivity index (χ4n) is 5.76. The van der Waals surface area contributed by atoms with Gasteiger partial charge < -0.3 is 17.8 Å². The minimum Gasteiger partial charge on any atom is -0.404 e. The largest absolute Gasteiger partial charge is 0.537 e. The number of phosphoric ester groups is 1. The van der Waals surface area contributed by atoms with Crippen molar-refractivity contribution in [1.29, 1.82) is 0 Å². The molecule has 252 valence electrons. The van der Waals surface area contributed by atoms with E-state index in [0.29, 0.717) is 25.6 Å². The number of hydrogen-bond donors (Lipinski definition) is 0. The molecular formula is C39H45O7PSi. The van der Waals surface area contributed by atoms with Gasteiger partial charge in [0.2, 0.25) is 0 Å². The van der Waals surface area contributed by atoms with E-state index in [2.05, 4.69) is 85.0 Å². The van der Waals surface area contributed by atoms with Crippen LogP contribution in [0.2, 0.25) is 0 Å². The summed E-state index contributed by atoms with van der Waals surface area (Å²) in [4.78, 5) is 0. The first-order valence-corrected chi connectivity index (χ1v) is 19.9. The van der Waals surface area contributed by atoms with Crippen molar-refractivity contribution in [2.75, 3.05) is 33.0 Å². The smallest absolute Gasteiger partial charge is 0.404 e. The molecule has 0 spiro atoms. The summed E-state index contributed by atoms with van der Waals surface area (Å²) in [7, 11) is -6.53. The molecule has 0 unspecified atom stereocenters. The van der Waals surface area contributed by atoms with Crippen molar-refractivity contribution in [3.05, 3.63) is 118 Å². The van der Waals surface area contributed by atoms with E-state index in [9.17, 15) is 4.57 Å². The van der Waals surface area contributed by atoms with Gasteiger partial charge in [-0.3, -0.25) is 9.05 Å². The van der Waals surface area contributed by atoms with E-state index in [-0.39, 0.29) is 13.2 Å². The molecule has 0 aromatic heterocycles. The molecular weight excluding hydrogens is 639 g/mol. The van der Waals surface area contributed by atoms with E-state index in [1.54, 1.807) is 26.0 Å². The Labute approximate surface area is 286 Å². The molecule has 0 saturated carbocycles. The maximum absolute atomic E-state index is 12.7. The van der Waals surface area contributed by atoms with Crippen molar-refractivity contribution in [2.24, 2.45) is 0 Å². The quantitative estimate of drug-likeness (QED) is 0.0549. The van der Waals surface area contributed by atoms with Crippen molar-refractivity contribution in [3.8, 4) is 16.9 Å². The summed E-state index contributed by atoms with van der Waals surface area (Å²) in [5, 5.41) is 0.978. The second-order valence-electron chi connectivity index (χ2n) is 11.1. The Balaban J connectivity index is 1.23. The first-order valence-electron chi connectivity index (χ1n) is 16.7. The molecule has 0 fully saturated rings. The van der Waals surface area contributed by atoms with Gasteiger partial charge in [-0.1, -0.05) is 97.1 Å². The molecule has 0 radical (unpaired) electrons. The summed E-state index contributed by atoms with van der Waals surface area (Å²) >= 11 is 0. The summed E-state index contributed by atoms with van der Waals surface area (Å²) in [5.41, 5.74) is 9.62. The Kier molecular flexibility index (Phi) is 12.4. The fraction of sp³-hybridized carbons (Fsp3) is 0.282. The Hall–Kier alpha value is -3.59. The average Bonchev–Trinajstić information content (AvgIpc) is 3.45. The topological polar surface area (TPSA) is 72.5 Å². The van der Waals surface area contributed by atoms with E-state index >= 15 is 0 Å². The Bertz CT molecular complexity index is 1740. The zero-order chi connectivity index (χ0) is 34.0. The molecule has 0 amide bonds. The molecule has 0 heterocycles. The second kappa shape index (κ2) is 16.7. The lowest BCUT2D eigenvalue weighted by molar-refractivity contribution is 0.0859. The van der Waals surface area contributed by atoms with Crippen LogP contribution >= 0.6 is 7.82 Å². The van der Waals surface area contributed by atoms with E-state index in [0.717, 1.165) is 28.3 Å². The fourth-order valence-corrected chi connectivity index (χ4v) is 9.42. The third-order valence-corrected chi connectivity index (χ3v) is 12.4. The van der Waals surface area contributed by atoms with Gasteiger partial charge in [0, 0.05) is 25.0 Å². The number of fused-ring (bicyclic) bond motifs is 3. The van der Waals surface area contributed by atoms with Gasteiger partial charge >= 0.3 is 16.6 Å². The van der Waals surface area contributed by atoms with E-state index in [1.807, 2.05) is 32.9 Å². The summed E-state index contributed by atoms with van der Waals surface area (Å²) < 4.78 is 46.8. The standard InChI is InChI=1S/C39H45O7PSi/c1-6-41-47(40,42-7-2)46-36-21-15-30(16-22-36)11-13-32-19-25-38-34(27-32)29-35-28-33(20-26-39(35)38)14-12-31-17-23-37(24-18-31)48(43-8-3,44-9-4)45-10-5/h11-28H,6-10,29H2,1-5H3/b13-11+,14-12+. The number of benzene rings is 4. The van der Waals surface area contributed by atoms with E-state index in [1.165, 1.54) is 27.8 Å². The van der Waals surface area contributed by atoms with Gasteiger partial charge in [-0.25, -0.2) is 4.57 Å². The van der Waals surface area contributed by atoms with Gasteiger partial charge in [0.15, 0.2) is 0 Å². The number of phosphoric acid groups is 1. The first kappa shape index (κ1) is 35.7. The minimum atomic E-state index is -3.62. The van der Waals surface area contributed by atoms with Gasteiger partial charge in [-0.05, 0) is 97.7 Å². The third-order valence-electron chi connectivity index (χ3n) is 7.81. The number of rotatable bonds is 17. The second-order valence-corrected chi connectivity index (χ2v) is 15.2. The molecule has 9 heteroatoms. The predicted molar refractivity (Wildman–Crippen MR) is 197 cm³/mol. The van der Waals surface area contributed by atoms with Crippen molar-refractivity contribution in [3.63, 3.8) is 0 Å². The van der Waals surface area contributed by atoms with Crippen molar-refractivity contribution < 1.29 is 31.4 Å². The zero-order valence-electron chi connectivity index (χ0n) is 28.4. The molecule has 1 aliphatic rings. The van der Waals surface area contributed by atoms with Crippen LogP contribution in [-0.2, 0) is 33.3 Å². The molecule has 0 aliphatic heterocycles. The molecule has 0 saturated heterocycles. The molecule has 0 N–H and O–H groups in total. The SMILES string of the molecule is CCO[Si](OCC)(OCC)c1ccc(/C=C/c2ccc3c(c2)Cc2cc(/C=C/c4ccc(OP(=O)(OCC)OCC)cc4)ccc2-3)cc1. The molecule has 0 atom stereocenters. The summed E-state index contributed by atoms with van der Waals surface area (Å²) in [5.74, 6) is 0.435. The highest BCUT2D eigenvalue weighted by Gasteiger charge is 2.43. The van der Waals surface area contributed by atoms with Gasteiger partial charge in [0.25, 0.3) is 0 Å². The maximum atomic E-state index is 12.7. The monoisotopic (exact) mass is 684 g/mol. The summed E-state index contributed by atoms with van der Waals surface area (Å²) in [6.45, 7) is 11.5. The Morgan fingerprint density at radius 2 is 0.979 bits per heavy atom. The van der Waals surface area contributed by atoms with Crippen LogP contribution in [0.25, 0.3) is 35.4 Å². The molecule has 7 nitrogen and oxygen atoms in total. The van der Waals surface area contributed by atoms with Crippen molar-refractivity contribution in [1.82, 2.24) is 0 Å². The summed E-state index contributed by atoms with van der Waals surface area (Å²) in [6.07, 6.45) is 9.35. The molecule has 4 aromatic rings. The van der Waals surface area contributed by atoms with E-state index in [4.69, 9.17) is 26.8 Å². The predicted octanol–water partition coefficient (Wildman–Crippen LogP) is 9.41. The maximum Gasteiger partial charge on any atom is 0.537 e. The highest BCUT2D eigenvalue weighted by molar-refractivity contribution is 7.48. The highest BCUT2D eigenvalue weighted by Crippen LogP contribution is 2.49. The van der Waals surface area contributed by atoms with Crippen LogP contribution in [0.4, 0.5) is 0 Å². The molecule has 5 rings (SSSR count). The first-order chi connectivity index (χ1) is 23.3. The van der Waals surface area contributed by atoms with Crippen LogP contribution in [0.1, 0.15) is 68.0 Å². The lowest BCUT2D eigenvalue weighted by Gasteiger charge is -2.28. The van der Waals surface area contributed by atoms with Crippen molar-refractivity contribution in [2.45, 2.75) is 41.0 Å². The highest BCUT2D eigenvalue weighted by atomic mass is 31.2. The van der Waals surface area contributed by atoms with Crippen molar-refractivity contribution >= 4 is 46.1 Å². The molecule has 4 aromatic carbocycles. The third kappa shape index (κ3) is 8.70. The van der Waals surface area contributed by atoms with Crippen LogP contribution in [0, 0.1) is 0 Å². The molecule has 1 aliphatic carbocycles.